The molecule has 0 atom stereocenters. The van der Waals surface area contributed by atoms with Crippen molar-refractivity contribution in [2.24, 2.45) is 0 Å². The van der Waals surface area contributed by atoms with E-state index in [0.717, 1.165) is 35.7 Å². The third-order valence-corrected chi connectivity index (χ3v) is 5.02. The van der Waals surface area contributed by atoms with Crippen LogP contribution in [0.3, 0.4) is 0 Å². The Bertz CT molecular complexity index is 970. The number of carbonyl (C=O) groups is 2. The van der Waals surface area contributed by atoms with Crippen LogP contribution in [0.25, 0.3) is 10.9 Å². The highest BCUT2D eigenvalue weighted by molar-refractivity contribution is 6.04. The molecule has 0 spiro atoms. The van der Waals surface area contributed by atoms with Crippen LogP contribution < -0.4 is 0 Å². The number of hydrogen-bond donors (Lipinski definition) is 2. The third-order valence-electron chi connectivity index (χ3n) is 5.02. The molecule has 1 aromatic heterocycles. The molecule has 3 rings (SSSR count). The number of H-pyrrole nitrogens is 1. The molecule has 140 valence electrons. The molecule has 0 amide bonds. The molecule has 0 radical (unpaired) electrons. The summed E-state index contributed by atoms with van der Waals surface area (Å²) in [6.45, 7) is 3.85. The van der Waals surface area contributed by atoms with Crippen LogP contribution in [0, 0.1) is 6.92 Å². The normalized spacial score (nSPS) is 11.0. The van der Waals surface area contributed by atoms with Crippen molar-refractivity contribution in [3.05, 3.63) is 70.4 Å². The average molecular weight is 363 g/mol. The quantitative estimate of drug-likeness (QED) is 0.531. The Hall–Kier alpha value is -2.88. The van der Waals surface area contributed by atoms with Gasteiger partial charge >= 0.3 is 5.97 Å². The van der Waals surface area contributed by atoms with Gasteiger partial charge in [-0.2, -0.15) is 0 Å². The van der Waals surface area contributed by atoms with Gasteiger partial charge in [-0.1, -0.05) is 43.7 Å². The summed E-state index contributed by atoms with van der Waals surface area (Å²) in [7, 11) is 0. The minimum atomic E-state index is -0.941. The standard InChI is InChI=1S/C23H25NO3/c1-3-4-10-21(25)22-17(12-11-16-8-6-5-7-9-16)19-14-18(23(26)27)15(2)13-20(19)24-22/h5-9,13-14,24H,3-4,10-12H2,1-2H3,(H,26,27). The zero-order chi connectivity index (χ0) is 19.4. The van der Waals surface area contributed by atoms with E-state index in [1.165, 1.54) is 5.56 Å². The molecule has 2 N–H and O–H groups in total. The number of fused-ring (bicyclic) bond motifs is 1. The minimum Gasteiger partial charge on any atom is -0.478 e. The summed E-state index contributed by atoms with van der Waals surface area (Å²) in [4.78, 5) is 27.6. The third kappa shape index (κ3) is 4.11. The van der Waals surface area contributed by atoms with Crippen molar-refractivity contribution in [2.45, 2.75) is 46.0 Å². The molecule has 4 heteroatoms. The molecule has 0 aliphatic rings. The van der Waals surface area contributed by atoms with Crippen LogP contribution in [0.2, 0.25) is 0 Å². The summed E-state index contributed by atoms with van der Waals surface area (Å²) in [5.74, 6) is -0.839. The van der Waals surface area contributed by atoms with Crippen molar-refractivity contribution in [2.75, 3.05) is 0 Å². The van der Waals surface area contributed by atoms with Gasteiger partial charge < -0.3 is 10.1 Å². The van der Waals surface area contributed by atoms with Crippen molar-refractivity contribution >= 4 is 22.7 Å². The van der Waals surface area contributed by atoms with Crippen molar-refractivity contribution < 1.29 is 14.7 Å². The highest BCUT2D eigenvalue weighted by Gasteiger charge is 2.19. The summed E-state index contributed by atoms with van der Waals surface area (Å²) in [6.07, 6.45) is 3.82. The van der Waals surface area contributed by atoms with E-state index >= 15 is 0 Å². The topological polar surface area (TPSA) is 70.2 Å². The zero-order valence-corrected chi connectivity index (χ0v) is 15.8. The number of aromatic nitrogens is 1. The summed E-state index contributed by atoms with van der Waals surface area (Å²) in [5, 5.41) is 10.3. The molecule has 3 aromatic rings. The molecule has 4 nitrogen and oxygen atoms in total. The second-order valence-electron chi connectivity index (χ2n) is 7.01. The van der Waals surface area contributed by atoms with Crippen molar-refractivity contribution in [1.29, 1.82) is 0 Å². The van der Waals surface area contributed by atoms with E-state index in [1.54, 1.807) is 13.0 Å². The van der Waals surface area contributed by atoms with E-state index in [2.05, 4.69) is 24.0 Å². The van der Waals surface area contributed by atoms with Crippen LogP contribution in [-0.2, 0) is 12.8 Å². The number of aromatic carboxylic acids is 1. The Balaban J connectivity index is 2.05. The lowest BCUT2D eigenvalue weighted by Gasteiger charge is -2.06. The highest BCUT2D eigenvalue weighted by Crippen LogP contribution is 2.28. The van der Waals surface area contributed by atoms with Gasteiger partial charge in [-0.25, -0.2) is 4.79 Å². The highest BCUT2D eigenvalue weighted by atomic mass is 16.4. The first-order chi connectivity index (χ1) is 13.0. The summed E-state index contributed by atoms with van der Waals surface area (Å²) in [6, 6.07) is 13.7. The second kappa shape index (κ2) is 8.21. The predicted octanol–water partition coefficient (Wildman–Crippen LogP) is 5.33. The van der Waals surface area contributed by atoms with E-state index in [4.69, 9.17) is 0 Å². The molecule has 0 saturated heterocycles. The number of benzene rings is 2. The minimum absolute atomic E-state index is 0.102. The second-order valence-corrected chi connectivity index (χ2v) is 7.01. The van der Waals surface area contributed by atoms with Crippen LogP contribution in [0.4, 0.5) is 0 Å². The monoisotopic (exact) mass is 363 g/mol. The number of unbranched alkanes of at least 4 members (excludes halogenated alkanes) is 1. The van der Waals surface area contributed by atoms with E-state index in [9.17, 15) is 14.7 Å². The van der Waals surface area contributed by atoms with Gasteiger partial charge in [0.1, 0.15) is 0 Å². The van der Waals surface area contributed by atoms with Gasteiger partial charge in [-0.15, -0.1) is 0 Å². The number of carboxylic acid groups (broad SMARTS) is 1. The molecule has 0 saturated carbocycles. The maximum Gasteiger partial charge on any atom is 0.335 e. The summed E-state index contributed by atoms with van der Waals surface area (Å²) < 4.78 is 0. The lowest BCUT2D eigenvalue weighted by molar-refractivity contribution is 0.0696. The van der Waals surface area contributed by atoms with Crippen LogP contribution in [-0.4, -0.2) is 21.8 Å². The Morgan fingerprint density at radius 2 is 1.81 bits per heavy atom. The van der Waals surface area contributed by atoms with Crippen molar-refractivity contribution in [3.63, 3.8) is 0 Å². The molecule has 0 aliphatic heterocycles. The number of carbonyl (C=O) groups excluding carboxylic acids is 1. The number of hydrogen-bond acceptors (Lipinski definition) is 2. The fourth-order valence-electron chi connectivity index (χ4n) is 3.51. The van der Waals surface area contributed by atoms with Crippen molar-refractivity contribution in [1.82, 2.24) is 4.98 Å². The van der Waals surface area contributed by atoms with E-state index in [-0.39, 0.29) is 11.3 Å². The van der Waals surface area contributed by atoms with E-state index in [1.807, 2.05) is 24.3 Å². The number of aryl methyl sites for hydroxylation is 3. The Morgan fingerprint density at radius 3 is 2.48 bits per heavy atom. The van der Waals surface area contributed by atoms with Crippen LogP contribution in [0.1, 0.15) is 63.7 Å². The summed E-state index contributed by atoms with van der Waals surface area (Å²) in [5.41, 5.74) is 4.58. The first-order valence-corrected chi connectivity index (χ1v) is 9.47. The smallest absolute Gasteiger partial charge is 0.335 e. The summed E-state index contributed by atoms with van der Waals surface area (Å²) >= 11 is 0. The lowest BCUT2D eigenvalue weighted by atomic mass is 9.97. The van der Waals surface area contributed by atoms with Gasteiger partial charge in [0.15, 0.2) is 5.78 Å². The maximum absolute atomic E-state index is 12.8. The lowest BCUT2D eigenvalue weighted by Crippen LogP contribution is -2.04. The van der Waals surface area contributed by atoms with Crippen LogP contribution in [0.5, 0.6) is 0 Å². The first-order valence-electron chi connectivity index (χ1n) is 9.47. The number of carboxylic acids is 1. The predicted molar refractivity (Wildman–Crippen MR) is 108 cm³/mol. The fourth-order valence-corrected chi connectivity index (χ4v) is 3.51. The maximum atomic E-state index is 12.8. The van der Waals surface area contributed by atoms with Gasteiger partial charge in [-0.05, 0) is 55.0 Å². The van der Waals surface area contributed by atoms with Crippen LogP contribution in [0.15, 0.2) is 42.5 Å². The van der Waals surface area contributed by atoms with Gasteiger partial charge in [0, 0.05) is 17.3 Å². The number of Topliss-reactive ketones (excluding diaryl/α,β-unsaturated/α-hetero) is 1. The SMILES string of the molecule is CCCCC(=O)c1[nH]c2cc(C)c(C(=O)O)cc2c1CCc1ccccc1. The fraction of sp³-hybridized carbons (Fsp3) is 0.304. The molecule has 0 aliphatic carbocycles. The van der Waals surface area contributed by atoms with Gasteiger partial charge in [0.05, 0.1) is 11.3 Å². The molecule has 0 unspecified atom stereocenters. The Kier molecular flexibility index (Phi) is 5.75. The number of aromatic amines is 1. The molecule has 0 fully saturated rings. The molecule has 27 heavy (non-hydrogen) atoms. The number of nitrogens with one attached hydrogen (secondary N) is 1. The molecular formula is C23H25NO3. The molecule has 0 bridgehead atoms. The average Bonchev–Trinajstić information content (AvgIpc) is 3.01. The Morgan fingerprint density at radius 1 is 1.07 bits per heavy atom. The van der Waals surface area contributed by atoms with Gasteiger partial charge in [0.25, 0.3) is 0 Å². The van der Waals surface area contributed by atoms with Crippen molar-refractivity contribution in [3.8, 4) is 0 Å². The molecule has 1 heterocycles. The number of ketones is 1. The molecular weight excluding hydrogens is 338 g/mol. The largest absolute Gasteiger partial charge is 0.478 e. The molecule has 2 aromatic carbocycles. The number of rotatable bonds is 8. The zero-order valence-electron chi connectivity index (χ0n) is 15.8. The van der Waals surface area contributed by atoms with Crippen LogP contribution >= 0.6 is 0 Å². The van der Waals surface area contributed by atoms with E-state index < -0.39 is 5.97 Å². The first kappa shape index (κ1) is 18.9. The van der Waals surface area contributed by atoms with Gasteiger partial charge in [0.2, 0.25) is 0 Å². The van der Waals surface area contributed by atoms with E-state index in [0.29, 0.717) is 24.1 Å². The Labute approximate surface area is 159 Å². The van der Waals surface area contributed by atoms with Gasteiger partial charge in [-0.3, -0.25) is 4.79 Å².